The molecule has 1 saturated heterocycles. The molecule has 1 amide bonds. The van der Waals surface area contributed by atoms with Crippen molar-refractivity contribution in [1.82, 2.24) is 10.2 Å². The highest BCUT2D eigenvalue weighted by Gasteiger charge is 2.14. The van der Waals surface area contributed by atoms with Crippen molar-refractivity contribution in [2.45, 2.75) is 13.0 Å². The van der Waals surface area contributed by atoms with E-state index in [1.165, 1.54) is 0 Å². The van der Waals surface area contributed by atoms with E-state index in [0.717, 1.165) is 38.2 Å². The highest BCUT2D eigenvalue weighted by atomic mass is 16.5. The molecule has 98 valence electrons. The molecular weight excluding hydrogens is 228 g/mol. The van der Waals surface area contributed by atoms with E-state index in [4.69, 9.17) is 4.74 Å². The molecule has 0 spiro atoms. The maximum absolute atomic E-state index is 11.9. The summed E-state index contributed by atoms with van der Waals surface area (Å²) in [7, 11) is 0. The van der Waals surface area contributed by atoms with Crippen molar-refractivity contribution in [2.24, 2.45) is 0 Å². The second kappa shape index (κ2) is 7.13. The van der Waals surface area contributed by atoms with Crippen LogP contribution in [0.5, 0.6) is 0 Å². The zero-order valence-corrected chi connectivity index (χ0v) is 10.6. The molecule has 0 atom stereocenters. The molecule has 0 radical (unpaired) electrons. The first-order chi connectivity index (χ1) is 8.86. The van der Waals surface area contributed by atoms with Gasteiger partial charge < -0.3 is 15.0 Å². The first kappa shape index (κ1) is 13.1. The van der Waals surface area contributed by atoms with Crippen molar-refractivity contribution in [1.29, 1.82) is 0 Å². The number of carbonyl (C=O) groups is 1. The van der Waals surface area contributed by atoms with Crippen LogP contribution in [0.3, 0.4) is 0 Å². The predicted molar refractivity (Wildman–Crippen MR) is 70.2 cm³/mol. The molecule has 1 aliphatic heterocycles. The van der Waals surface area contributed by atoms with Crippen LogP contribution in [0.25, 0.3) is 0 Å². The predicted octanol–water partition coefficient (Wildman–Crippen LogP) is 1.03. The summed E-state index contributed by atoms with van der Waals surface area (Å²) >= 11 is 0. The molecule has 4 heteroatoms. The Bertz CT molecular complexity index is 359. The molecule has 1 aromatic rings. The van der Waals surface area contributed by atoms with Gasteiger partial charge in [0.25, 0.3) is 0 Å². The lowest BCUT2D eigenvalue weighted by atomic mass is 10.2. The van der Waals surface area contributed by atoms with Gasteiger partial charge in [-0.15, -0.1) is 0 Å². The highest BCUT2D eigenvalue weighted by Crippen LogP contribution is 2.02. The Morgan fingerprint density at radius 3 is 2.89 bits per heavy atom. The maximum atomic E-state index is 11.9. The zero-order valence-electron chi connectivity index (χ0n) is 10.6. The lowest BCUT2D eigenvalue weighted by Gasteiger charge is -2.19. The maximum Gasteiger partial charge on any atom is 0.248 e. The number of nitrogens with one attached hydrogen (secondary N) is 1. The number of hydrogen-bond donors (Lipinski definition) is 1. The molecule has 0 aromatic heterocycles. The Hall–Kier alpha value is -1.39. The van der Waals surface area contributed by atoms with Gasteiger partial charge >= 0.3 is 0 Å². The Labute approximate surface area is 108 Å². The van der Waals surface area contributed by atoms with Crippen LogP contribution in [-0.4, -0.2) is 43.6 Å². The fraction of sp³-hybridized carbons (Fsp3) is 0.500. The van der Waals surface area contributed by atoms with Gasteiger partial charge in [-0.1, -0.05) is 30.3 Å². The lowest BCUT2D eigenvalue weighted by Crippen LogP contribution is -2.36. The summed E-state index contributed by atoms with van der Waals surface area (Å²) in [6.45, 7) is 4.17. The number of benzene rings is 1. The summed E-state index contributed by atoms with van der Waals surface area (Å²) < 4.78 is 5.46. The van der Waals surface area contributed by atoms with Crippen LogP contribution in [0.1, 0.15) is 12.0 Å². The molecule has 1 aromatic carbocycles. The third-order valence-electron chi connectivity index (χ3n) is 3.03. The zero-order chi connectivity index (χ0) is 12.6. The van der Waals surface area contributed by atoms with Gasteiger partial charge in [0.15, 0.2) is 0 Å². The van der Waals surface area contributed by atoms with Crippen molar-refractivity contribution >= 4 is 5.91 Å². The number of ether oxygens (including phenoxy) is 1. The molecule has 1 N–H and O–H groups in total. The number of nitrogens with zero attached hydrogens (tertiary/aromatic N) is 1. The molecule has 1 heterocycles. The third-order valence-corrected chi connectivity index (χ3v) is 3.03. The minimum atomic E-state index is 0.0923. The number of rotatable bonds is 4. The molecule has 18 heavy (non-hydrogen) atoms. The van der Waals surface area contributed by atoms with Crippen LogP contribution >= 0.6 is 0 Å². The van der Waals surface area contributed by atoms with Crippen LogP contribution < -0.4 is 5.32 Å². The molecule has 1 fully saturated rings. The molecule has 0 bridgehead atoms. The Morgan fingerprint density at radius 1 is 1.22 bits per heavy atom. The van der Waals surface area contributed by atoms with Gasteiger partial charge in [0.05, 0.1) is 6.61 Å². The monoisotopic (exact) mass is 248 g/mol. The largest absolute Gasteiger partial charge is 0.367 e. The molecule has 1 aliphatic rings. The quantitative estimate of drug-likeness (QED) is 0.865. The van der Waals surface area contributed by atoms with Crippen LogP contribution in [0.15, 0.2) is 30.3 Å². The summed E-state index contributed by atoms with van der Waals surface area (Å²) in [6, 6.07) is 9.92. The van der Waals surface area contributed by atoms with E-state index < -0.39 is 0 Å². The average molecular weight is 248 g/mol. The van der Waals surface area contributed by atoms with Gasteiger partial charge in [0.1, 0.15) is 6.61 Å². The number of amides is 1. The van der Waals surface area contributed by atoms with Crippen LogP contribution in [0.4, 0.5) is 0 Å². The fourth-order valence-corrected chi connectivity index (χ4v) is 2.02. The van der Waals surface area contributed by atoms with Crippen LogP contribution in [0, 0.1) is 0 Å². The summed E-state index contributed by atoms with van der Waals surface area (Å²) in [5, 5.41) is 3.28. The molecule has 2 rings (SSSR count). The van der Waals surface area contributed by atoms with Gasteiger partial charge in [0.2, 0.25) is 5.91 Å². The van der Waals surface area contributed by atoms with E-state index in [0.29, 0.717) is 6.61 Å². The lowest BCUT2D eigenvalue weighted by molar-refractivity contribution is -0.136. The van der Waals surface area contributed by atoms with Crippen molar-refractivity contribution < 1.29 is 9.53 Å². The molecule has 4 nitrogen and oxygen atoms in total. The number of carbonyl (C=O) groups excluding carboxylic acids is 1. The van der Waals surface area contributed by atoms with E-state index >= 15 is 0 Å². The third kappa shape index (κ3) is 4.13. The topological polar surface area (TPSA) is 41.6 Å². The summed E-state index contributed by atoms with van der Waals surface area (Å²) in [6.07, 6.45) is 1.02. The Balaban J connectivity index is 1.71. The van der Waals surface area contributed by atoms with Crippen LogP contribution in [-0.2, 0) is 16.1 Å². The second-order valence-corrected chi connectivity index (χ2v) is 4.46. The van der Waals surface area contributed by atoms with Gasteiger partial charge in [-0.25, -0.2) is 0 Å². The van der Waals surface area contributed by atoms with E-state index in [1.807, 2.05) is 35.2 Å². The van der Waals surface area contributed by atoms with E-state index in [1.54, 1.807) is 0 Å². The van der Waals surface area contributed by atoms with Gasteiger partial charge in [-0.05, 0) is 18.5 Å². The fourth-order valence-electron chi connectivity index (χ4n) is 2.02. The Morgan fingerprint density at radius 2 is 2.06 bits per heavy atom. The molecular formula is C14H20N2O2. The number of hydrogen-bond acceptors (Lipinski definition) is 3. The van der Waals surface area contributed by atoms with Crippen molar-refractivity contribution in [2.75, 3.05) is 32.8 Å². The summed E-state index contributed by atoms with van der Waals surface area (Å²) in [4.78, 5) is 13.8. The van der Waals surface area contributed by atoms with Crippen molar-refractivity contribution in [3.05, 3.63) is 35.9 Å². The molecule has 0 unspecified atom stereocenters. The normalized spacial score (nSPS) is 16.3. The van der Waals surface area contributed by atoms with Gasteiger partial charge in [-0.3, -0.25) is 4.79 Å². The highest BCUT2D eigenvalue weighted by molar-refractivity contribution is 5.77. The summed E-state index contributed by atoms with van der Waals surface area (Å²) in [5.41, 5.74) is 1.10. The first-order valence-electron chi connectivity index (χ1n) is 6.46. The first-order valence-corrected chi connectivity index (χ1v) is 6.46. The van der Waals surface area contributed by atoms with Crippen molar-refractivity contribution in [3.8, 4) is 0 Å². The van der Waals surface area contributed by atoms with Crippen molar-refractivity contribution in [3.63, 3.8) is 0 Å². The van der Waals surface area contributed by atoms with Crippen LogP contribution in [0.2, 0.25) is 0 Å². The molecule has 0 aliphatic carbocycles. The standard InChI is InChI=1S/C14H20N2O2/c17-14(16-9-4-7-15-8-10-16)12-18-11-13-5-2-1-3-6-13/h1-3,5-6,15H,4,7-12H2. The minimum absolute atomic E-state index is 0.0923. The van der Waals surface area contributed by atoms with E-state index in [-0.39, 0.29) is 12.5 Å². The molecule has 0 saturated carbocycles. The minimum Gasteiger partial charge on any atom is -0.367 e. The SMILES string of the molecule is O=C(COCc1ccccc1)N1CCCNCC1. The Kier molecular flexibility index (Phi) is 5.17. The van der Waals surface area contributed by atoms with E-state index in [2.05, 4.69) is 5.32 Å². The van der Waals surface area contributed by atoms with E-state index in [9.17, 15) is 4.79 Å². The second-order valence-electron chi connectivity index (χ2n) is 4.46. The van der Waals surface area contributed by atoms with Gasteiger partial charge in [0, 0.05) is 19.6 Å². The summed E-state index contributed by atoms with van der Waals surface area (Å²) in [5.74, 6) is 0.0923. The van der Waals surface area contributed by atoms with Gasteiger partial charge in [-0.2, -0.15) is 0 Å². The smallest absolute Gasteiger partial charge is 0.248 e. The average Bonchev–Trinajstić information content (AvgIpc) is 2.69.